The van der Waals surface area contributed by atoms with Crippen molar-refractivity contribution in [1.82, 2.24) is 0 Å². The number of esters is 3. The average molecular weight is 1000 g/mol. The molecule has 0 saturated carbocycles. The highest BCUT2D eigenvalue weighted by molar-refractivity contribution is 5.71. The van der Waals surface area contributed by atoms with Crippen LogP contribution in [0.2, 0.25) is 0 Å². The zero-order valence-electron chi connectivity index (χ0n) is 47.2. The van der Waals surface area contributed by atoms with Gasteiger partial charge in [0.15, 0.2) is 6.10 Å². The summed E-state index contributed by atoms with van der Waals surface area (Å²) in [4.78, 5) is 38.2. The molecule has 0 bridgehead atoms. The lowest BCUT2D eigenvalue weighted by molar-refractivity contribution is -0.167. The van der Waals surface area contributed by atoms with Crippen molar-refractivity contribution >= 4 is 17.9 Å². The molecule has 0 rings (SSSR count). The van der Waals surface area contributed by atoms with Crippen molar-refractivity contribution in [3.63, 3.8) is 0 Å². The molecule has 1 unspecified atom stereocenters. The molecule has 0 aliphatic heterocycles. The second-order valence-corrected chi connectivity index (χ2v) is 19.9. The van der Waals surface area contributed by atoms with Crippen LogP contribution in [0.25, 0.3) is 0 Å². The van der Waals surface area contributed by atoms with Crippen molar-refractivity contribution < 1.29 is 28.6 Å². The van der Waals surface area contributed by atoms with E-state index >= 15 is 0 Å². The van der Waals surface area contributed by atoms with Crippen LogP contribution in [0.1, 0.15) is 284 Å². The van der Waals surface area contributed by atoms with E-state index in [9.17, 15) is 14.4 Å². The van der Waals surface area contributed by atoms with Crippen LogP contribution in [0, 0.1) is 0 Å². The van der Waals surface area contributed by atoms with Gasteiger partial charge in [-0.25, -0.2) is 0 Å². The number of carbonyl (C=O) groups is 3. The third-order valence-electron chi connectivity index (χ3n) is 12.8. The molecule has 0 spiro atoms. The zero-order valence-corrected chi connectivity index (χ0v) is 47.2. The summed E-state index contributed by atoms with van der Waals surface area (Å²) in [5.41, 5.74) is 0. The van der Waals surface area contributed by atoms with Crippen LogP contribution in [-0.4, -0.2) is 37.2 Å². The first-order valence-corrected chi connectivity index (χ1v) is 30.2. The summed E-state index contributed by atoms with van der Waals surface area (Å²) >= 11 is 0. The van der Waals surface area contributed by atoms with Gasteiger partial charge < -0.3 is 14.2 Å². The van der Waals surface area contributed by atoms with Crippen LogP contribution < -0.4 is 0 Å². The van der Waals surface area contributed by atoms with Crippen molar-refractivity contribution in [2.45, 2.75) is 290 Å². The Morgan fingerprint density at radius 1 is 0.292 bits per heavy atom. The highest BCUT2D eigenvalue weighted by atomic mass is 16.6. The molecular weight excluding hydrogens is 889 g/mol. The first kappa shape index (κ1) is 68.3. The average Bonchev–Trinajstić information content (AvgIpc) is 3.38. The lowest BCUT2D eigenvalue weighted by atomic mass is 10.1. The van der Waals surface area contributed by atoms with Gasteiger partial charge in [0.05, 0.1) is 0 Å². The standard InChI is InChI=1S/C66H112O6/c1-4-7-10-13-16-19-22-25-28-30-32-33-35-36-38-41-44-47-50-53-56-59-65(68)71-62-63(61-70-64(67)58-55-52-49-46-43-40-27-24-21-18-15-12-9-6-3)72-66(69)60-57-54-51-48-45-42-39-37-34-31-29-26-23-20-17-14-11-8-5-2/h7,10,16-17,19-20,24-29,32-33,36,38,63H,4-6,8-9,11-15,18,21-23,30-31,34-35,37,39-62H2,1-3H3/b10-7-,19-16-,20-17-,27-24-,28-25-,29-26-,33-32-,38-36-. The quantitative estimate of drug-likeness (QED) is 0.0261. The molecule has 0 saturated heterocycles. The number of carbonyl (C=O) groups excluding carboxylic acids is 3. The number of hydrogen-bond donors (Lipinski definition) is 0. The lowest BCUT2D eigenvalue weighted by Gasteiger charge is -2.18. The van der Waals surface area contributed by atoms with E-state index in [4.69, 9.17) is 14.2 Å². The molecule has 0 amide bonds. The van der Waals surface area contributed by atoms with Crippen LogP contribution in [-0.2, 0) is 28.6 Å². The summed E-state index contributed by atoms with van der Waals surface area (Å²) in [5.74, 6) is -0.915. The maximum absolute atomic E-state index is 12.9. The SMILES string of the molecule is CC/C=C\C/C=C\C/C=C\C/C=C\C/C=C\CCCCCCCC(=O)OCC(COC(=O)CCCCCCC/C=C\CCCCCCC)OC(=O)CCCCCCCCCCC/C=C\C/C=C\CCCCC. The van der Waals surface area contributed by atoms with E-state index in [1.54, 1.807) is 0 Å². The van der Waals surface area contributed by atoms with Gasteiger partial charge in [-0.05, 0) is 122 Å². The molecule has 0 heterocycles. The molecule has 1 atom stereocenters. The first-order chi connectivity index (χ1) is 35.5. The topological polar surface area (TPSA) is 78.9 Å². The Balaban J connectivity index is 4.43. The minimum Gasteiger partial charge on any atom is -0.462 e. The Morgan fingerprint density at radius 3 is 0.889 bits per heavy atom. The monoisotopic (exact) mass is 1000 g/mol. The normalized spacial score (nSPS) is 12.8. The molecule has 72 heavy (non-hydrogen) atoms. The summed E-state index contributed by atoms with van der Waals surface area (Å²) in [7, 11) is 0. The minimum atomic E-state index is -0.793. The molecule has 0 aliphatic rings. The fourth-order valence-electron chi connectivity index (χ4n) is 8.26. The minimum absolute atomic E-state index is 0.0898. The molecule has 6 nitrogen and oxygen atoms in total. The maximum Gasteiger partial charge on any atom is 0.306 e. The van der Waals surface area contributed by atoms with Gasteiger partial charge in [-0.2, -0.15) is 0 Å². The van der Waals surface area contributed by atoms with Gasteiger partial charge >= 0.3 is 17.9 Å². The number of allylic oxidation sites excluding steroid dienone is 16. The summed E-state index contributed by atoms with van der Waals surface area (Å²) < 4.78 is 16.9. The number of unbranched alkanes of at least 4 members (excludes halogenated alkanes) is 27. The molecule has 0 aromatic rings. The predicted octanol–water partition coefficient (Wildman–Crippen LogP) is 20.5. The van der Waals surface area contributed by atoms with E-state index in [0.29, 0.717) is 19.3 Å². The summed E-state index contributed by atoms with van der Waals surface area (Å²) in [6, 6.07) is 0. The van der Waals surface area contributed by atoms with Gasteiger partial charge in [-0.1, -0.05) is 240 Å². The van der Waals surface area contributed by atoms with E-state index in [2.05, 4.69) is 118 Å². The lowest BCUT2D eigenvalue weighted by Crippen LogP contribution is -2.30. The van der Waals surface area contributed by atoms with E-state index < -0.39 is 6.10 Å². The molecule has 0 radical (unpaired) electrons. The summed E-state index contributed by atoms with van der Waals surface area (Å²) in [5, 5.41) is 0. The second kappa shape index (κ2) is 59.9. The molecule has 0 aliphatic carbocycles. The Hall–Kier alpha value is -3.67. The molecule has 6 heteroatoms. The molecule has 0 aromatic heterocycles. The fourth-order valence-corrected chi connectivity index (χ4v) is 8.26. The first-order valence-electron chi connectivity index (χ1n) is 30.2. The van der Waals surface area contributed by atoms with Gasteiger partial charge in [0.2, 0.25) is 0 Å². The number of hydrogen-bond acceptors (Lipinski definition) is 6. The van der Waals surface area contributed by atoms with E-state index in [1.165, 1.54) is 122 Å². The Labute approximate surface area is 445 Å². The Kier molecular flexibility index (Phi) is 56.8. The van der Waals surface area contributed by atoms with E-state index in [1.807, 2.05) is 0 Å². The number of rotatable bonds is 54. The largest absolute Gasteiger partial charge is 0.462 e. The van der Waals surface area contributed by atoms with Gasteiger partial charge in [0.1, 0.15) is 13.2 Å². The van der Waals surface area contributed by atoms with Crippen LogP contribution >= 0.6 is 0 Å². The third-order valence-corrected chi connectivity index (χ3v) is 12.8. The van der Waals surface area contributed by atoms with Crippen molar-refractivity contribution in [3.05, 3.63) is 97.2 Å². The maximum atomic E-state index is 12.9. The molecule has 412 valence electrons. The van der Waals surface area contributed by atoms with E-state index in [-0.39, 0.29) is 31.1 Å². The van der Waals surface area contributed by atoms with Crippen LogP contribution in [0.3, 0.4) is 0 Å². The predicted molar refractivity (Wildman–Crippen MR) is 311 cm³/mol. The smallest absolute Gasteiger partial charge is 0.306 e. The van der Waals surface area contributed by atoms with E-state index in [0.717, 1.165) is 122 Å². The third kappa shape index (κ3) is 57.2. The van der Waals surface area contributed by atoms with Crippen LogP contribution in [0.5, 0.6) is 0 Å². The van der Waals surface area contributed by atoms with Gasteiger partial charge in [0, 0.05) is 19.3 Å². The Bertz CT molecular complexity index is 1430. The molecule has 0 N–H and O–H groups in total. The zero-order chi connectivity index (χ0) is 52.2. The van der Waals surface area contributed by atoms with Crippen molar-refractivity contribution in [1.29, 1.82) is 0 Å². The molecule has 0 fully saturated rings. The highest BCUT2D eigenvalue weighted by Crippen LogP contribution is 2.15. The van der Waals surface area contributed by atoms with Crippen LogP contribution in [0.4, 0.5) is 0 Å². The molecular formula is C66H112O6. The summed E-state index contributed by atoms with van der Waals surface area (Å²) in [6.07, 6.45) is 79.6. The highest BCUT2D eigenvalue weighted by Gasteiger charge is 2.19. The number of ether oxygens (including phenoxy) is 3. The molecule has 0 aromatic carbocycles. The summed E-state index contributed by atoms with van der Waals surface area (Å²) in [6.45, 7) is 6.48. The van der Waals surface area contributed by atoms with Gasteiger partial charge in [0.25, 0.3) is 0 Å². The Morgan fingerprint density at radius 2 is 0.542 bits per heavy atom. The van der Waals surface area contributed by atoms with Gasteiger partial charge in [-0.3, -0.25) is 14.4 Å². The van der Waals surface area contributed by atoms with Crippen molar-refractivity contribution in [2.75, 3.05) is 13.2 Å². The van der Waals surface area contributed by atoms with Crippen molar-refractivity contribution in [3.8, 4) is 0 Å². The van der Waals surface area contributed by atoms with Crippen molar-refractivity contribution in [2.24, 2.45) is 0 Å². The fraction of sp³-hybridized carbons (Fsp3) is 0.712. The van der Waals surface area contributed by atoms with Crippen LogP contribution in [0.15, 0.2) is 97.2 Å². The van der Waals surface area contributed by atoms with Gasteiger partial charge in [-0.15, -0.1) is 0 Å². The second-order valence-electron chi connectivity index (χ2n) is 19.9.